The van der Waals surface area contributed by atoms with E-state index in [2.05, 4.69) is 49.5 Å². The highest BCUT2D eigenvalue weighted by Crippen LogP contribution is 2.69. The fourth-order valence-corrected chi connectivity index (χ4v) is 6.93. The molecular formula is C21H30N2O. The van der Waals surface area contributed by atoms with E-state index in [1.807, 2.05) is 0 Å². The summed E-state index contributed by atoms with van der Waals surface area (Å²) >= 11 is 0. The molecule has 0 aromatic heterocycles. The standard InChI is InChI=1S/C21H30N2O/c1-3-21(23-4-2)16-10-19(15-8-6-5-7-9-15)11-17(21)13-20(12-16,14-19)18(22)24/h5-9,16-17,23H,3-4,10-14H2,1-2H3,(H2,22,24). The van der Waals surface area contributed by atoms with Gasteiger partial charge in [0.15, 0.2) is 0 Å². The second kappa shape index (κ2) is 5.32. The van der Waals surface area contributed by atoms with Crippen molar-refractivity contribution in [1.82, 2.24) is 5.32 Å². The molecule has 5 rings (SSSR count). The lowest BCUT2D eigenvalue weighted by molar-refractivity contribution is -0.162. The lowest BCUT2D eigenvalue weighted by Gasteiger charge is -2.68. The average molecular weight is 326 g/mol. The molecule has 0 aliphatic heterocycles. The maximum Gasteiger partial charge on any atom is 0.223 e. The van der Waals surface area contributed by atoms with Crippen LogP contribution < -0.4 is 11.1 Å². The fraction of sp³-hybridized carbons (Fsp3) is 0.667. The predicted molar refractivity (Wildman–Crippen MR) is 96.5 cm³/mol. The molecule has 0 radical (unpaired) electrons. The van der Waals surface area contributed by atoms with Gasteiger partial charge in [-0.3, -0.25) is 4.79 Å². The minimum absolute atomic E-state index is 0.0570. The maximum atomic E-state index is 12.5. The predicted octanol–water partition coefficient (Wildman–Crippen LogP) is 3.38. The van der Waals surface area contributed by atoms with Crippen molar-refractivity contribution < 1.29 is 4.79 Å². The number of carbonyl (C=O) groups is 1. The number of carbonyl (C=O) groups excluding carboxylic acids is 1. The van der Waals surface area contributed by atoms with Crippen LogP contribution in [0.25, 0.3) is 0 Å². The smallest absolute Gasteiger partial charge is 0.223 e. The third-order valence-electron chi connectivity index (χ3n) is 7.68. The maximum absolute atomic E-state index is 12.5. The van der Waals surface area contributed by atoms with Crippen molar-refractivity contribution in [2.24, 2.45) is 23.0 Å². The Kier molecular flexibility index (Phi) is 3.58. The van der Waals surface area contributed by atoms with Gasteiger partial charge in [-0.15, -0.1) is 0 Å². The molecule has 2 atom stereocenters. The topological polar surface area (TPSA) is 55.1 Å². The number of nitrogens with two attached hydrogens (primary N) is 1. The summed E-state index contributed by atoms with van der Waals surface area (Å²) < 4.78 is 0. The number of rotatable bonds is 5. The number of primary amides is 1. The van der Waals surface area contributed by atoms with Crippen molar-refractivity contribution in [3.05, 3.63) is 35.9 Å². The van der Waals surface area contributed by atoms with Crippen molar-refractivity contribution in [2.75, 3.05) is 6.54 Å². The van der Waals surface area contributed by atoms with Gasteiger partial charge in [-0.1, -0.05) is 44.2 Å². The van der Waals surface area contributed by atoms with E-state index in [0.717, 1.165) is 32.2 Å². The van der Waals surface area contributed by atoms with E-state index in [1.165, 1.54) is 18.4 Å². The lowest BCUT2D eigenvalue weighted by atomic mass is 9.37. The molecule has 0 spiro atoms. The monoisotopic (exact) mass is 326 g/mol. The summed E-state index contributed by atoms with van der Waals surface area (Å²) in [5.41, 5.74) is 7.46. The molecule has 1 aromatic rings. The second-order valence-electron chi connectivity index (χ2n) is 8.60. The second-order valence-corrected chi connectivity index (χ2v) is 8.60. The number of benzene rings is 1. The zero-order valence-electron chi connectivity index (χ0n) is 15.0. The molecule has 1 amide bonds. The molecule has 3 N–H and O–H groups in total. The van der Waals surface area contributed by atoms with Crippen LogP contribution in [-0.4, -0.2) is 18.0 Å². The lowest BCUT2D eigenvalue weighted by Crippen LogP contribution is -2.71. The van der Waals surface area contributed by atoms with Crippen LogP contribution in [-0.2, 0) is 10.2 Å². The van der Waals surface area contributed by atoms with Crippen molar-refractivity contribution in [1.29, 1.82) is 0 Å². The summed E-state index contributed by atoms with van der Waals surface area (Å²) in [5.74, 6) is 1.05. The van der Waals surface area contributed by atoms with E-state index >= 15 is 0 Å². The molecule has 1 aromatic carbocycles. The van der Waals surface area contributed by atoms with Crippen LogP contribution in [0.5, 0.6) is 0 Å². The highest BCUT2D eigenvalue weighted by Gasteiger charge is 2.67. The van der Waals surface area contributed by atoms with Crippen LogP contribution >= 0.6 is 0 Å². The highest BCUT2D eigenvalue weighted by atomic mass is 16.1. The molecule has 0 saturated heterocycles. The Morgan fingerprint density at radius 1 is 1.12 bits per heavy atom. The van der Waals surface area contributed by atoms with Gasteiger partial charge in [-0.25, -0.2) is 0 Å². The first-order valence-corrected chi connectivity index (χ1v) is 9.61. The Balaban J connectivity index is 1.81. The fourth-order valence-electron chi connectivity index (χ4n) is 6.93. The molecule has 4 bridgehead atoms. The van der Waals surface area contributed by atoms with Crippen LogP contribution in [0.4, 0.5) is 0 Å². The zero-order chi connectivity index (χ0) is 17.0. The number of amides is 1. The molecule has 2 unspecified atom stereocenters. The van der Waals surface area contributed by atoms with Gasteiger partial charge < -0.3 is 11.1 Å². The van der Waals surface area contributed by atoms with E-state index < -0.39 is 0 Å². The van der Waals surface area contributed by atoms with Gasteiger partial charge in [0, 0.05) is 5.54 Å². The van der Waals surface area contributed by atoms with Gasteiger partial charge in [0.2, 0.25) is 5.91 Å². The van der Waals surface area contributed by atoms with Gasteiger partial charge in [-0.2, -0.15) is 0 Å². The molecule has 4 aliphatic rings. The summed E-state index contributed by atoms with van der Waals surface area (Å²) in [4.78, 5) is 12.5. The van der Waals surface area contributed by atoms with E-state index in [-0.39, 0.29) is 22.3 Å². The molecule has 4 fully saturated rings. The van der Waals surface area contributed by atoms with Crippen molar-refractivity contribution in [3.8, 4) is 0 Å². The van der Waals surface area contributed by atoms with Crippen molar-refractivity contribution in [3.63, 3.8) is 0 Å². The molecule has 4 saturated carbocycles. The third-order valence-corrected chi connectivity index (χ3v) is 7.68. The Morgan fingerprint density at radius 3 is 2.25 bits per heavy atom. The Labute approximate surface area is 145 Å². The largest absolute Gasteiger partial charge is 0.369 e. The first-order valence-electron chi connectivity index (χ1n) is 9.61. The van der Waals surface area contributed by atoms with Crippen molar-refractivity contribution in [2.45, 2.75) is 63.3 Å². The summed E-state index contributed by atoms with van der Waals surface area (Å²) in [6.45, 7) is 5.53. The summed E-state index contributed by atoms with van der Waals surface area (Å²) in [5, 5.41) is 3.86. The first-order chi connectivity index (χ1) is 11.5. The minimum Gasteiger partial charge on any atom is -0.369 e. The third kappa shape index (κ3) is 1.97. The van der Waals surface area contributed by atoms with Crippen molar-refractivity contribution >= 4 is 5.91 Å². The quantitative estimate of drug-likeness (QED) is 0.871. The van der Waals surface area contributed by atoms with E-state index in [1.54, 1.807) is 0 Å². The molecule has 3 heteroatoms. The number of nitrogens with one attached hydrogen (secondary N) is 1. The molecule has 24 heavy (non-hydrogen) atoms. The van der Waals surface area contributed by atoms with E-state index in [0.29, 0.717) is 11.8 Å². The van der Waals surface area contributed by atoms with Gasteiger partial charge in [-0.05, 0) is 67.9 Å². The van der Waals surface area contributed by atoms with Gasteiger partial charge in [0.05, 0.1) is 5.41 Å². The summed E-state index contributed by atoms with van der Waals surface area (Å²) in [6, 6.07) is 10.9. The van der Waals surface area contributed by atoms with E-state index in [4.69, 9.17) is 5.73 Å². The molecular weight excluding hydrogens is 296 g/mol. The van der Waals surface area contributed by atoms with Crippen LogP contribution in [0.2, 0.25) is 0 Å². The zero-order valence-corrected chi connectivity index (χ0v) is 15.0. The molecule has 4 aliphatic carbocycles. The van der Waals surface area contributed by atoms with Gasteiger partial charge in [0.1, 0.15) is 0 Å². The molecule has 130 valence electrons. The highest BCUT2D eigenvalue weighted by molar-refractivity contribution is 5.82. The Bertz CT molecular complexity index is 622. The normalized spacial score (nSPS) is 43.1. The van der Waals surface area contributed by atoms with Gasteiger partial charge in [0.25, 0.3) is 0 Å². The summed E-state index contributed by atoms with van der Waals surface area (Å²) in [7, 11) is 0. The molecule has 0 heterocycles. The SMILES string of the molecule is CCNC1(CC)C2CC3(C(N)=O)CC1CC(c1ccccc1)(C2)C3. The minimum atomic E-state index is -0.282. The van der Waals surface area contributed by atoms with Gasteiger partial charge >= 0.3 is 0 Å². The average Bonchev–Trinajstić information content (AvgIpc) is 2.58. The summed E-state index contributed by atoms with van der Waals surface area (Å²) in [6.07, 6.45) is 6.46. The Hall–Kier alpha value is -1.35. The van der Waals surface area contributed by atoms with Crippen LogP contribution in [0.1, 0.15) is 57.9 Å². The van der Waals surface area contributed by atoms with Crippen LogP contribution in [0.3, 0.4) is 0 Å². The van der Waals surface area contributed by atoms with Crippen LogP contribution in [0, 0.1) is 17.3 Å². The number of hydrogen-bond donors (Lipinski definition) is 2. The molecule has 3 nitrogen and oxygen atoms in total. The van der Waals surface area contributed by atoms with E-state index in [9.17, 15) is 4.79 Å². The first kappa shape index (κ1) is 16.1. The number of hydrogen-bond acceptors (Lipinski definition) is 2. The Morgan fingerprint density at radius 2 is 1.75 bits per heavy atom. The van der Waals surface area contributed by atoms with Crippen LogP contribution in [0.15, 0.2) is 30.3 Å².